The zero-order valence-electron chi connectivity index (χ0n) is 13.6. The van der Waals surface area contributed by atoms with E-state index in [9.17, 15) is 9.90 Å². The van der Waals surface area contributed by atoms with Crippen molar-refractivity contribution in [3.8, 4) is 10.6 Å². The van der Waals surface area contributed by atoms with Gasteiger partial charge in [0.25, 0.3) is 0 Å². The Balaban J connectivity index is 1.37. The number of aliphatic hydroxyl groups is 1. The summed E-state index contributed by atoms with van der Waals surface area (Å²) in [5.41, 5.74) is 2.12. The van der Waals surface area contributed by atoms with Crippen molar-refractivity contribution in [3.05, 3.63) is 41.4 Å². The third-order valence-electron chi connectivity index (χ3n) is 4.30. The zero-order chi connectivity index (χ0) is 16.8. The van der Waals surface area contributed by atoms with E-state index in [0.717, 1.165) is 41.9 Å². The van der Waals surface area contributed by atoms with Gasteiger partial charge in [0, 0.05) is 30.5 Å². The highest BCUT2D eigenvalue weighted by Crippen LogP contribution is 2.24. The number of amides is 2. The summed E-state index contributed by atoms with van der Waals surface area (Å²) >= 11 is 1.63. The Hall–Kier alpha value is -1.92. The topological polar surface area (TPSA) is 74.2 Å². The summed E-state index contributed by atoms with van der Waals surface area (Å²) in [5, 5.41) is 18.3. The van der Waals surface area contributed by atoms with Crippen LogP contribution >= 0.6 is 11.3 Å². The first kappa shape index (κ1) is 16.9. The number of nitrogens with one attached hydrogen (secondary N) is 2. The molecule has 2 atom stereocenters. The van der Waals surface area contributed by atoms with E-state index in [4.69, 9.17) is 0 Å². The lowest BCUT2D eigenvalue weighted by Gasteiger charge is -2.11. The third-order valence-corrected chi connectivity index (χ3v) is 5.24. The van der Waals surface area contributed by atoms with Crippen molar-refractivity contribution >= 4 is 17.4 Å². The van der Waals surface area contributed by atoms with Gasteiger partial charge in [-0.3, -0.25) is 0 Å². The minimum absolute atomic E-state index is 0.144. The van der Waals surface area contributed by atoms with Crippen LogP contribution in [0.5, 0.6) is 0 Å². The maximum absolute atomic E-state index is 11.8. The van der Waals surface area contributed by atoms with Crippen molar-refractivity contribution in [1.29, 1.82) is 0 Å². The molecule has 5 nitrogen and oxygen atoms in total. The maximum atomic E-state index is 11.8. The fourth-order valence-electron chi connectivity index (χ4n) is 2.97. The molecule has 0 unspecified atom stereocenters. The van der Waals surface area contributed by atoms with E-state index < -0.39 is 0 Å². The van der Waals surface area contributed by atoms with E-state index in [-0.39, 0.29) is 12.1 Å². The highest BCUT2D eigenvalue weighted by Gasteiger charge is 2.22. The van der Waals surface area contributed by atoms with E-state index >= 15 is 0 Å². The van der Waals surface area contributed by atoms with Crippen molar-refractivity contribution in [2.45, 2.75) is 31.8 Å². The van der Waals surface area contributed by atoms with E-state index in [0.29, 0.717) is 19.0 Å². The summed E-state index contributed by atoms with van der Waals surface area (Å²) in [6, 6.07) is 9.96. The molecule has 1 fully saturated rings. The van der Waals surface area contributed by atoms with Crippen molar-refractivity contribution in [1.82, 2.24) is 15.6 Å². The fraction of sp³-hybridized carbons (Fsp3) is 0.444. The van der Waals surface area contributed by atoms with E-state index in [2.05, 4.69) is 15.6 Å². The molecule has 1 saturated carbocycles. The minimum Gasteiger partial charge on any atom is -0.393 e. The molecule has 1 aromatic heterocycles. The van der Waals surface area contributed by atoms with Crippen molar-refractivity contribution < 1.29 is 9.90 Å². The number of carbonyl (C=O) groups is 1. The number of carbonyl (C=O) groups excluding carboxylic acids is 1. The molecule has 0 aliphatic heterocycles. The van der Waals surface area contributed by atoms with Crippen LogP contribution in [0.4, 0.5) is 4.79 Å². The van der Waals surface area contributed by atoms with Gasteiger partial charge >= 0.3 is 6.03 Å². The lowest BCUT2D eigenvalue weighted by molar-refractivity contribution is 0.177. The van der Waals surface area contributed by atoms with Crippen LogP contribution in [0.2, 0.25) is 0 Å². The molecular formula is C18H23N3O2S. The Kier molecular flexibility index (Phi) is 5.82. The molecule has 1 aliphatic rings. The average molecular weight is 345 g/mol. The minimum atomic E-state index is -0.191. The van der Waals surface area contributed by atoms with Gasteiger partial charge in [0.1, 0.15) is 5.01 Å². The van der Waals surface area contributed by atoms with Crippen LogP contribution in [0.1, 0.15) is 25.0 Å². The molecular weight excluding hydrogens is 322 g/mol. The van der Waals surface area contributed by atoms with Crippen molar-refractivity contribution in [3.63, 3.8) is 0 Å². The molecule has 1 heterocycles. The van der Waals surface area contributed by atoms with Crippen LogP contribution in [0, 0.1) is 5.92 Å². The number of thiazole rings is 1. The normalized spacial score (nSPS) is 20.0. The molecule has 24 heavy (non-hydrogen) atoms. The summed E-state index contributed by atoms with van der Waals surface area (Å²) in [5.74, 6) is 0.401. The van der Waals surface area contributed by atoms with Crippen LogP contribution in [0.15, 0.2) is 35.7 Å². The van der Waals surface area contributed by atoms with Gasteiger partial charge < -0.3 is 15.7 Å². The predicted molar refractivity (Wildman–Crippen MR) is 96.0 cm³/mol. The van der Waals surface area contributed by atoms with Gasteiger partial charge in [0.2, 0.25) is 0 Å². The first-order valence-corrected chi connectivity index (χ1v) is 9.28. The van der Waals surface area contributed by atoms with E-state index in [1.165, 1.54) is 0 Å². The number of urea groups is 1. The molecule has 0 saturated heterocycles. The summed E-state index contributed by atoms with van der Waals surface area (Å²) < 4.78 is 0. The SMILES string of the molecule is O=C(NCCc1csc(-c2ccccc2)n1)NC[C@H]1CC[C@@H](O)C1. The largest absolute Gasteiger partial charge is 0.393 e. The Morgan fingerprint density at radius 2 is 2.08 bits per heavy atom. The number of hydrogen-bond acceptors (Lipinski definition) is 4. The molecule has 1 aromatic carbocycles. The number of rotatable bonds is 6. The van der Waals surface area contributed by atoms with Crippen LogP contribution < -0.4 is 10.6 Å². The van der Waals surface area contributed by atoms with Gasteiger partial charge in [-0.2, -0.15) is 0 Å². The number of hydrogen-bond donors (Lipinski definition) is 3. The monoisotopic (exact) mass is 345 g/mol. The first-order chi connectivity index (χ1) is 11.7. The van der Waals surface area contributed by atoms with Gasteiger partial charge in [-0.25, -0.2) is 9.78 Å². The molecule has 6 heteroatoms. The van der Waals surface area contributed by atoms with Crippen molar-refractivity contribution in [2.24, 2.45) is 5.92 Å². The predicted octanol–water partition coefficient (Wildman–Crippen LogP) is 2.81. The van der Waals surface area contributed by atoms with Gasteiger partial charge in [-0.1, -0.05) is 30.3 Å². The second kappa shape index (κ2) is 8.26. The molecule has 0 spiro atoms. The Labute approximate surface area is 146 Å². The molecule has 3 N–H and O–H groups in total. The number of benzene rings is 1. The summed E-state index contributed by atoms with van der Waals surface area (Å²) in [6.07, 6.45) is 3.16. The first-order valence-electron chi connectivity index (χ1n) is 8.40. The summed E-state index contributed by atoms with van der Waals surface area (Å²) in [4.78, 5) is 16.4. The van der Waals surface area contributed by atoms with E-state index in [1.54, 1.807) is 11.3 Å². The molecule has 128 valence electrons. The van der Waals surface area contributed by atoms with Crippen LogP contribution in [-0.4, -0.2) is 35.3 Å². The molecule has 3 rings (SSSR count). The van der Waals surface area contributed by atoms with Crippen LogP contribution in [0.25, 0.3) is 10.6 Å². The Bertz CT molecular complexity index is 659. The molecule has 2 aromatic rings. The number of aromatic nitrogens is 1. The second-order valence-corrected chi connectivity index (χ2v) is 7.09. The maximum Gasteiger partial charge on any atom is 0.314 e. The summed E-state index contributed by atoms with van der Waals surface area (Å²) in [7, 11) is 0. The lowest BCUT2D eigenvalue weighted by Crippen LogP contribution is -2.38. The van der Waals surface area contributed by atoms with Crippen molar-refractivity contribution in [2.75, 3.05) is 13.1 Å². The fourth-order valence-corrected chi connectivity index (χ4v) is 3.83. The Morgan fingerprint density at radius 1 is 1.25 bits per heavy atom. The van der Waals surface area contributed by atoms with Gasteiger partial charge in [0.15, 0.2) is 0 Å². The second-order valence-electron chi connectivity index (χ2n) is 6.23. The van der Waals surface area contributed by atoms with Gasteiger partial charge in [-0.15, -0.1) is 11.3 Å². The molecule has 0 radical (unpaired) electrons. The molecule has 1 aliphatic carbocycles. The Morgan fingerprint density at radius 3 is 2.83 bits per heavy atom. The van der Waals surface area contributed by atoms with E-state index in [1.807, 2.05) is 35.7 Å². The molecule has 0 bridgehead atoms. The zero-order valence-corrected chi connectivity index (χ0v) is 14.4. The number of aliphatic hydroxyl groups excluding tert-OH is 1. The smallest absolute Gasteiger partial charge is 0.314 e. The highest BCUT2D eigenvalue weighted by molar-refractivity contribution is 7.13. The van der Waals surface area contributed by atoms with Crippen LogP contribution in [-0.2, 0) is 6.42 Å². The third kappa shape index (κ3) is 4.79. The number of nitrogens with zero attached hydrogens (tertiary/aromatic N) is 1. The van der Waals surface area contributed by atoms with Gasteiger partial charge in [-0.05, 0) is 25.2 Å². The average Bonchev–Trinajstić information content (AvgIpc) is 3.23. The van der Waals surface area contributed by atoms with Crippen LogP contribution in [0.3, 0.4) is 0 Å². The van der Waals surface area contributed by atoms with Gasteiger partial charge in [0.05, 0.1) is 11.8 Å². The standard InChI is InChI=1S/C18H23N3O2S/c22-16-7-6-13(10-16)11-20-18(23)19-9-8-15-12-24-17(21-15)14-4-2-1-3-5-14/h1-5,12-13,16,22H,6-11H2,(H2,19,20,23)/t13-,16+/m0/s1. The highest BCUT2D eigenvalue weighted by atomic mass is 32.1. The lowest BCUT2D eigenvalue weighted by atomic mass is 10.1. The quantitative estimate of drug-likeness (QED) is 0.754. The molecule has 2 amide bonds. The summed E-state index contributed by atoms with van der Waals surface area (Å²) in [6.45, 7) is 1.20.